The number of fused-ring (bicyclic) bond motifs is 1. The Morgan fingerprint density at radius 1 is 0.784 bits per heavy atom. The molecule has 5 rings (SSSR count). The molecule has 1 heterocycles. The highest BCUT2D eigenvalue weighted by molar-refractivity contribution is 5.55. The average Bonchev–Trinajstić information content (AvgIpc) is 2.95. The van der Waals surface area contributed by atoms with Gasteiger partial charge in [0.15, 0.2) is 11.5 Å². The van der Waals surface area contributed by atoms with Crippen molar-refractivity contribution in [1.82, 2.24) is 4.90 Å². The van der Waals surface area contributed by atoms with E-state index in [4.69, 9.17) is 14.2 Å². The van der Waals surface area contributed by atoms with E-state index in [1.54, 1.807) is 7.11 Å². The first kappa shape index (κ1) is 24.7. The monoisotopic (exact) mass is 491 g/mol. The van der Waals surface area contributed by atoms with Gasteiger partial charge in [0.05, 0.1) is 13.2 Å². The van der Waals surface area contributed by atoms with Crippen molar-refractivity contribution in [3.63, 3.8) is 0 Å². The zero-order valence-electron chi connectivity index (χ0n) is 21.5. The van der Waals surface area contributed by atoms with Crippen molar-refractivity contribution in [2.24, 2.45) is 0 Å². The zero-order chi connectivity index (χ0) is 25.5. The van der Waals surface area contributed by atoms with Crippen molar-refractivity contribution in [3.05, 3.63) is 131 Å². The third-order valence-electron chi connectivity index (χ3n) is 6.79. The van der Waals surface area contributed by atoms with Crippen LogP contribution in [0.5, 0.6) is 17.2 Å². The molecule has 4 heteroatoms. The van der Waals surface area contributed by atoms with Gasteiger partial charge in [-0.15, -0.1) is 0 Å². The molecule has 1 aliphatic rings. The first-order valence-electron chi connectivity index (χ1n) is 12.7. The maximum atomic E-state index is 6.21. The molecule has 37 heavy (non-hydrogen) atoms. The van der Waals surface area contributed by atoms with Gasteiger partial charge in [0.2, 0.25) is 0 Å². The van der Waals surface area contributed by atoms with Gasteiger partial charge in [0.25, 0.3) is 0 Å². The maximum Gasteiger partial charge on any atom is 0.162 e. The van der Waals surface area contributed by atoms with Crippen LogP contribution in [0.15, 0.2) is 103 Å². The van der Waals surface area contributed by atoms with Crippen LogP contribution in [0.1, 0.15) is 33.9 Å². The topological polar surface area (TPSA) is 30.9 Å². The molecule has 0 saturated carbocycles. The number of rotatable bonds is 9. The predicted molar refractivity (Wildman–Crippen MR) is 149 cm³/mol. The number of hydrogen-bond acceptors (Lipinski definition) is 4. The summed E-state index contributed by atoms with van der Waals surface area (Å²) in [6.45, 7) is 2.06. The summed E-state index contributed by atoms with van der Waals surface area (Å²) in [7, 11) is 3.88. The zero-order valence-corrected chi connectivity index (χ0v) is 21.5. The Labute approximate surface area is 219 Å². The van der Waals surface area contributed by atoms with Crippen molar-refractivity contribution in [2.45, 2.75) is 25.7 Å². The van der Waals surface area contributed by atoms with E-state index in [-0.39, 0.29) is 6.04 Å². The second kappa shape index (κ2) is 11.8. The van der Waals surface area contributed by atoms with E-state index < -0.39 is 0 Å². The second-order valence-corrected chi connectivity index (χ2v) is 9.35. The Bertz CT molecular complexity index is 1320. The van der Waals surface area contributed by atoms with E-state index >= 15 is 0 Å². The highest BCUT2D eigenvalue weighted by Crippen LogP contribution is 2.39. The standard InChI is InChI=1S/C33H33NO3/c1-34-20-19-28-21-32(35-2)33(37-24-27-11-7-4-8-12-27)22-30(28)31(34)18-15-25-13-16-29(17-14-25)36-23-26-9-5-3-6-10-26/h3-18,21-22,31H,19-20,23-24H2,1-2H3/b18-15+/t31-/m0/s1. The molecule has 0 aliphatic carbocycles. The van der Waals surface area contributed by atoms with E-state index in [9.17, 15) is 0 Å². The molecule has 0 saturated heterocycles. The summed E-state index contributed by atoms with van der Waals surface area (Å²) in [6.07, 6.45) is 5.44. The Kier molecular flexibility index (Phi) is 7.87. The molecule has 188 valence electrons. The van der Waals surface area contributed by atoms with E-state index in [1.807, 2.05) is 48.5 Å². The number of benzene rings is 4. The molecule has 0 spiro atoms. The number of likely N-dealkylation sites (N-methyl/N-ethyl adjacent to an activating group) is 1. The minimum atomic E-state index is 0.155. The maximum absolute atomic E-state index is 6.21. The molecule has 4 aromatic rings. The molecule has 0 aromatic heterocycles. The molecule has 1 atom stereocenters. The minimum absolute atomic E-state index is 0.155. The van der Waals surface area contributed by atoms with Crippen LogP contribution < -0.4 is 14.2 Å². The van der Waals surface area contributed by atoms with Crippen LogP contribution in [0.4, 0.5) is 0 Å². The minimum Gasteiger partial charge on any atom is -0.493 e. The Balaban J connectivity index is 1.31. The molecule has 0 bridgehead atoms. The fraction of sp³-hybridized carbons (Fsp3) is 0.212. The highest BCUT2D eigenvalue weighted by Gasteiger charge is 2.25. The van der Waals surface area contributed by atoms with Crippen molar-refractivity contribution in [1.29, 1.82) is 0 Å². The largest absolute Gasteiger partial charge is 0.493 e. The average molecular weight is 492 g/mol. The van der Waals surface area contributed by atoms with Crippen molar-refractivity contribution in [2.75, 3.05) is 20.7 Å². The molecular formula is C33H33NO3. The summed E-state index contributed by atoms with van der Waals surface area (Å²) in [5.74, 6) is 2.43. The van der Waals surface area contributed by atoms with E-state index in [2.05, 4.69) is 72.6 Å². The quantitative estimate of drug-likeness (QED) is 0.250. The summed E-state index contributed by atoms with van der Waals surface area (Å²) in [5, 5.41) is 0. The van der Waals surface area contributed by atoms with Crippen LogP contribution in [-0.2, 0) is 19.6 Å². The summed E-state index contributed by atoms with van der Waals surface area (Å²) < 4.78 is 17.8. The first-order valence-corrected chi connectivity index (χ1v) is 12.7. The predicted octanol–water partition coefficient (Wildman–Crippen LogP) is 7.10. The number of ether oxygens (including phenoxy) is 3. The number of nitrogens with zero attached hydrogens (tertiary/aromatic N) is 1. The Morgan fingerprint density at radius 2 is 1.43 bits per heavy atom. The molecule has 0 N–H and O–H groups in total. The number of hydrogen-bond donors (Lipinski definition) is 0. The molecule has 0 unspecified atom stereocenters. The van der Waals surface area contributed by atoms with E-state index in [0.29, 0.717) is 13.2 Å². The highest BCUT2D eigenvalue weighted by atomic mass is 16.5. The van der Waals surface area contributed by atoms with Gasteiger partial charge in [-0.2, -0.15) is 0 Å². The van der Waals surface area contributed by atoms with Crippen LogP contribution >= 0.6 is 0 Å². The molecule has 1 aliphatic heterocycles. The molecule has 0 fully saturated rings. The van der Waals surface area contributed by atoms with Gasteiger partial charge in [-0.05, 0) is 65.6 Å². The van der Waals surface area contributed by atoms with Gasteiger partial charge >= 0.3 is 0 Å². The molecule has 4 aromatic carbocycles. The first-order chi connectivity index (χ1) is 18.2. The van der Waals surface area contributed by atoms with Crippen LogP contribution in [0, 0.1) is 0 Å². The van der Waals surface area contributed by atoms with Crippen LogP contribution in [0.3, 0.4) is 0 Å². The van der Waals surface area contributed by atoms with Gasteiger partial charge in [-0.25, -0.2) is 0 Å². The van der Waals surface area contributed by atoms with E-state index in [0.717, 1.165) is 46.9 Å². The van der Waals surface area contributed by atoms with E-state index in [1.165, 1.54) is 11.1 Å². The fourth-order valence-electron chi connectivity index (χ4n) is 4.66. The van der Waals surface area contributed by atoms with Crippen LogP contribution in [0.25, 0.3) is 6.08 Å². The van der Waals surface area contributed by atoms with Gasteiger partial charge < -0.3 is 14.2 Å². The van der Waals surface area contributed by atoms with Crippen molar-refractivity contribution in [3.8, 4) is 17.2 Å². The van der Waals surface area contributed by atoms with Crippen LogP contribution in [-0.4, -0.2) is 25.6 Å². The summed E-state index contributed by atoms with van der Waals surface area (Å²) >= 11 is 0. The molecular weight excluding hydrogens is 458 g/mol. The van der Waals surface area contributed by atoms with Gasteiger partial charge in [0.1, 0.15) is 19.0 Å². The van der Waals surface area contributed by atoms with Crippen molar-refractivity contribution >= 4 is 6.08 Å². The van der Waals surface area contributed by atoms with Crippen LogP contribution in [0.2, 0.25) is 0 Å². The summed E-state index contributed by atoms with van der Waals surface area (Å²) in [5.41, 5.74) is 6.00. The normalized spacial score (nSPS) is 15.4. The SMILES string of the molecule is COc1cc2c(cc1OCc1ccccc1)[C@H](/C=C/c1ccc(OCc3ccccc3)cc1)N(C)CC2. The Morgan fingerprint density at radius 3 is 2.08 bits per heavy atom. The third-order valence-corrected chi connectivity index (χ3v) is 6.79. The van der Waals surface area contributed by atoms with Gasteiger partial charge in [0, 0.05) is 6.54 Å². The lowest BCUT2D eigenvalue weighted by molar-refractivity contribution is 0.263. The fourth-order valence-corrected chi connectivity index (χ4v) is 4.66. The van der Waals surface area contributed by atoms with Gasteiger partial charge in [-0.3, -0.25) is 4.90 Å². The summed E-state index contributed by atoms with van der Waals surface area (Å²) in [4.78, 5) is 2.38. The third kappa shape index (κ3) is 6.22. The second-order valence-electron chi connectivity index (χ2n) is 9.35. The lowest BCUT2D eigenvalue weighted by Crippen LogP contribution is -2.31. The molecule has 0 amide bonds. The lowest BCUT2D eigenvalue weighted by atomic mass is 9.91. The molecule has 4 nitrogen and oxygen atoms in total. The number of methoxy groups -OCH3 is 1. The van der Waals surface area contributed by atoms with Crippen molar-refractivity contribution < 1.29 is 14.2 Å². The Hall–Kier alpha value is -4.02. The summed E-state index contributed by atoms with van der Waals surface area (Å²) in [6, 6.07) is 33.1. The lowest BCUT2D eigenvalue weighted by Gasteiger charge is -2.33. The molecule has 0 radical (unpaired) electrons. The smallest absolute Gasteiger partial charge is 0.162 e. The van der Waals surface area contributed by atoms with Gasteiger partial charge in [-0.1, -0.05) is 84.9 Å².